The first-order valence-corrected chi connectivity index (χ1v) is 4.61. The lowest BCUT2D eigenvalue weighted by molar-refractivity contribution is -0.130. The summed E-state index contributed by atoms with van der Waals surface area (Å²) in [6.07, 6.45) is 2.97. The molecule has 1 saturated heterocycles. The van der Waals surface area contributed by atoms with Gasteiger partial charge < -0.3 is 10.1 Å². The van der Waals surface area contributed by atoms with E-state index in [2.05, 4.69) is 11.4 Å². The smallest absolute Gasteiger partial charge is 0.250 e. The van der Waals surface area contributed by atoms with Crippen LogP contribution in [0.3, 0.4) is 0 Å². The van der Waals surface area contributed by atoms with Crippen LogP contribution < -0.4 is 5.32 Å². The first-order chi connectivity index (χ1) is 6.26. The predicted octanol–water partition coefficient (Wildman–Crippen LogP) is 0.338. The average Bonchev–Trinajstić information content (AvgIpc) is 2.69. The van der Waals surface area contributed by atoms with Gasteiger partial charge in [-0.1, -0.05) is 0 Å². The summed E-state index contributed by atoms with van der Waals surface area (Å²) < 4.78 is 5.21. The Kier molecular flexibility index (Phi) is 1.97. The Bertz CT molecular complexity index is 259. The molecular weight excluding hydrogens is 168 g/mol. The Labute approximate surface area is 76.9 Å². The highest BCUT2D eigenvalue weighted by Crippen LogP contribution is 2.34. The lowest BCUT2D eigenvalue weighted by Crippen LogP contribution is -2.42. The van der Waals surface area contributed by atoms with E-state index in [1.807, 2.05) is 0 Å². The maximum atomic E-state index is 11.5. The largest absolute Gasteiger partial charge is 0.368 e. The van der Waals surface area contributed by atoms with Gasteiger partial charge in [0.2, 0.25) is 5.91 Å². The van der Waals surface area contributed by atoms with Crippen LogP contribution >= 0.6 is 0 Å². The van der Waals surface area contributed by atoms with Crippen LogP contribution in [-0.2, 0) is 9.53 Å². The molecule has 1 heterocycles. The predicted molar refractivity (Wildman–Crippen MR) is 44.7 cm³/mol. The second kappa shape index (κ2) is 3.00. The Morgan fingerprint density at radius 3 is 2.85 bits per heavy atom. The molecule has 2 rings (SSSR count). The van der Waals surface area contributed by atoms with Crippen LogP contribution in [0.5, 0.6) is 0 Å². The van der Waals surface area contributed by atoms with E-state index in [-0.39, 0.29) is 12.0 Å². The van der Waals surface area contributed by atoms with Crippen LogP contribution in [0.2, 0.25) is 0 Å². The van der Waals surface area contributed by atoms with Crippen molar-refractivity contribution in [3.8, 4) is 6.07 Å². The van der Waals surface area contributed by atoms with Crippen molar-refractivity contribution >= 4 is 5.91 Å². The molecular formula is C9H12N2O2. The summed E-state index contributed by atoms with van der Waals surface area (Å²) >= 11 is 0. The van der Waals surface area contributed by atoms with Crippen molar-refractivity contribution in [2.75, 3.05) is 6.61 Å². The summed E-state index contributed by atoms with van der Waals surface area (Å²) in [4.78, 5) is 11.5. The van der Waals surface area contributed by atoms with Crippen LogP contribution in [0.25, 0.3) is 0 Å². The minimum Gasteiger partial charge on any atom is -0.368 e. The van der Waals surface area contributed by atoms with Crippen molar-refractivity contribution in [1.82, 2.24) is 5.32 Å². The third kappa shape index (κ3) is 1.65. The molecule has 0 aromatic heterocycles. The van der Waals surface area contributed by atoms with E-state index in [0.29, 0.717) is 6.61 Å². The van der Waals surface area contributed by atoms with Crippen LogP contribution in [0, 0.1) is 11.3 Å². The Hall–Kier alpha value is -1.08. The van der Waals surface area contributed by atoms with Gasteiger partial charge in [0.1, 0.15) is 11.6 Å². The Morgan fingerprint density at radius 1 is 1.62 bits per heavy atom. The molecule has 70 valence electrons. The highest BCUT2D eigenvalue weighted by Gasteiger charge is 2.45. The lowest BCUT2D eigenvalue weighted by atomic mass is 10.2. The number of carbonyl (C=O) groups is 1. The van der Waals surface area contributed by atoms with Crippen molar-refractivity contribution in [2.24, 2.45) is 0 Å². The third-order valence-electron chi connectivity index (χ3n) is 2.55. The van der Waals surface area contributed by atoms with Crippen molar-refractivity contribution in [2.45, 2.75) is 37.3 Å². The number of rotatable bonds is 2. The van der Waals surface area contributed by atoms with Crippen LogP contribution in [-0.4, -0.2) is 24.2 Å². The van der Waals surface area contributed by atoms with E-state index < -0.39 is 5.54 Å². The fourth-order valence-electron chi connectivity index (χ4n) is 1.49. The van der Waals surface area contributed by atoms with E-state index in [1.165, 1.54) is 0 Å². The number of hydrogen-bond donors (Lipinski definition) is 1. The standard InChI is InChI=1S/C9H12N2O2/c10-6-9(3-4-9)11-8(12)7-2-1-5-13-7/h7H,1-5H2,(H,11,12). The van der Waals surface area contributed by atoms with Gasteiger partial charge in [-0.15, -0.1) is 0 Å². The molecule has 4 heteroatoms. The number of nitriles is 1. The highest BCUT2D eigenvalue weighted by atomic mass is 16.5. The molecule has 0 spiro atoms. The minimum absolute atomic E-state index is 0.114. The van der Waals surface area contributed by atoms with E-state index in [1.54, 1.807) is 0 Å². The summed E-state index contributed by atoms with van der Waals surface area (Å²) in [6, 6.07) is 2.12. The van der Waals surface area contributed by atoms with E-state index >= 15 is 0 Å². The second-order valence-electron chi connectivity index (χ2n) is 3.68. The molecule has 1 saturated carbocycles. The topological polar surface area (TPSA) is 62.1 Å². The molecule has 1 aliphatic heterocycles. The van der Waals surface area contributed by atoms with Crippen molar-refractivity contribution < 1.29 is 9.53 Å². The molecule has 0 aromatic rings. The molecule has 1 N–H and O–H groups in total. The third-order valence-corrected chi connectivity index (χ3v) is 2.55. The summed E-state index contributed by atoms with van der Waals surface area (Å²) in [5.41, 5.74) is -0.553. The van der Waals surface area contributed by atoms with Crippen LogP contribution in [0.15, 0.2) is 0 Å². The second-order valence-corrected chi connectivity index (χ2v) is 3.68. The highest BCUT2D eigenvalue weighted by molar-refractivity contribution is 5.82. The monoisotopic (exact) mass is 180 g/mol. The first-order valence-electron chi connectivity index (χ1n) is 4.61. The number of hydrogen-bond acceptors (Lipinski definition) is 3. The van der Waals surface area contributed by atoms with Crippen molar-refractivity contribution in [1.29, 1.82) is 5.26 Å². The molecule has 4 nitrogen and oxygen atoms in total. The molecule has 2 aliphatic rings. The first kappa shape index (κ1) is 8.52. The summed E-state index contributed by atoms with van der Waals surface area (Å²) in [7, 11) is 0. The van der Waals surface area contributed by atoms with Gasteiger partial charge in [-0.2, -0.15) is 5.26 Å². The van der Waals surface area contributed by atoms with Gasteiger partial charge in [-0.25, -0.2) is 0 Å². The number of nitrogens with zero attached hydrogens (tertiary/aromatic N) is 1. The molecule has 1 amide bonds. The molecule has 1 unspecified atom stereocenters. The normalized spacial score (nSPS) is 29.3. The summed E-state index contributed by atoms with van der Waals surface area (Å²) in [6.45, 7) is 0.664. The molecule has 13 heavy (non-hydrogen) atoms. The molecule has 1 atom stereocenters. The number of nitrogens with one attached hydrogen (secondary N) is 1. The SMILES string of the molecule is N#CC1(NC(=O)C2CCCO2)CC1. The molecule has 2 fully saturated rings. The van der Waals surface area contributed by atoms with Gasteiger partial charge in [0.25, 0.3) is 0 Å². The van der Waals surface area contributed by atoms with Gasteiger partial charge in [-0.05, 0) is 25.7 Å². The number of ether oxygens (including phenoxy) is 1. The summed E-state index contributed by atoms with van der Waals surface area (Å²) in [5.74, 6) is -0.114. The lowest BCUT2D eigenvalue weighted by Gasteiger charge is -2.13. The quantitative estimate of drug-likeness (QED) is 0.666. The van der Waals surface area contributed by atoms with E-state index in [9.17, 15) is 4.79 Å². The van der Waals surface area contributed by atoms with Crippen molar-refractivity contribution in [3.05, 3.63) is 0 Å². The maximum absolute atomic E-state index is 11.5. The maximum Gasteiger partial charge on any atom is 0.250 e. The molecule has 0 bridgehead atoms. The van der Waals surface area contributed by atoms with Crippen molar-refractivity contribution in [3.63, 3.8) is 0 Å². The molecule has 0 aromatic carbocycles. The molecule has 0 radical (unpaired) electrons. The zero-order valence-corrected chi connectivity index (χ0v) is 7.38. The van der Waals surface area contributed by atoms with Gasteiger partial charge in [0.15, 0.2) is 0 Å². The van der Waals surface area contributed by atoms with Gasteiger partial charge in [-0.3, -0.25) is 4.79 Å². The van der Waals surface area contributed by atoms with E-state index in [4.69, 9.17) is 10.00 Å². The van der Waals surface area contributed by atoms with Gasteiger partial charge >= 0.3 is 0 Å². The fourth-order valence-corrected chi connectivity index (χ4v) is 1.49. The zero-order chi connectivity index (χ0) is 9.31. The Balaban J connectivity index is 1.88. The molecule has 1 aliphatic carbocycles. The van der Waals surface area contributed by atoms with Gasteiger partial charge in [0.05, 0.1) is 6.07 Å². The minimum atomic E-state index is -0.553. The zero-order valence-electron chi connectivity index (χ0n) is 7.38. The van der Waals surface area contributed by atoms with Crippen LogP contribution in [0.4, 0.5) is 0 Å². The average molecular weight is 180 g/mol. The number of carbonyl (C=O) groups excluding carboxylic acids is 1. The summed E-state index contributed by atoms with van der Waals surface area (Å²) in [5, 5.41) is 11.5. The van der Waals surface area contributed by atoms with Crippen LogP contribution in [0.1, 0.15) is 25.7 Å². The Morgan fingerprint density at radius 2 is 2.38 bits per heavy atom. The number of amides is 1. The van der Waals surface area contributed by atoms with Gasteiger partial charge in [0, 0.05) is 6.61 Å². The van der Waals surface area contributed by atoms with E-state index in [0.717, 1.165) is 25.7 Å². The fraction of sp³-hybridized carbons (Fsp3) is 0.778.